The Hall–Kier alpha value is -1.58. The normalized spacial score (nSPS) is 12.2. The van der Waals surface area contributed by atoms with Gasteiger partial charge in [-0.15, -0.1) is 0 Å². The van der Waals surface area contributed by atoms with Crippen LogP contribution in [0.2, 0.25) is 0 Å². The third-order valence-electron chi connectivity index (χ3n) is 2.38. The lowest BCUT2D eigenvalue weighted by atomic mass is 10.2. The van der Waals surface area contributed by atoms with Gasteiger partial charge in [-0.25, -0.2) is 4.79 Å². The summed E-state index contributed by atoms with van der Waals surface area (Å²) in [5.74, 6) is -0.340. The molecular formula is C11H16N2O2. The van der Waals surface area contributed by atoms with Gasteiger partial charge in [0.05, 0.1) is 6.20 Å². The Bertz CT molecular complexity index is 369. The van der Waals surface area contributed by atoms with Gasteiger partial charge in [-0.3, -0.25) is 4.68 Å². The number of hydrogen-bond acceptors (Lipinski definition) is 3. The molecule has 1 atom stereocenters. The third kappa shape index (κ3) is 2.46. The number of hydrogen-bond donors (Lipinski definition) is 0. The highest BCUT2D eigenvalue weighted by atomic mass is 16.5. The van der Waals surface area contributed by atoms with E-state index in [0.717, 1.165) is 12.1 Å². The molecule has 0 unspecified atom stereocenters. The second kappa shape index (κ2) is 4.77. The molecule has 1 aromatic rings. The molecule has 1 aromatic heterocycles. The maximum absolute atomic E-state index is 11.7. The molecule has 0 spiro atoms. The van der Waals surface area contributed by atoms with E-state index in [4.69, 9.17) is 4.74 Å². The van der Waals surface area contributed by atoms with Crippen molar-refractivity contribution < 1.29 is 9.53 Å². The Morgan fingerprint density at radius 3 is 2.87 bits per heavy atom. The van der Waals surface area contributed by atoms with E-state index < -0.39 is 0 Å². The van der Waals surface area contributed by atoms with Crippen molar-refractivity contribution in [2.24, 2.45) is 7.05 Å². The van der Waals surface area contributed by atoms with Crippen LogP contribution in [0.5, 0.6) is 0 Å². The van der Waals surface area contributed by atoms with Crippen LogP contribution in [0.4, 0.5) is 0 Å². The van der Waals surface area contributed by atoms with Gasteiger partial charge in [-0.1, -0.05) is 19.6 Å². The predicted molar refractivity (Wildman–Crippen MR) is 57.6 cm³/mol. The van der Waals surface area contributed by atoms with E-state index in [9.17, 15) is 4.79 Å². The number of nitrogens with zero attached hydrogens (tertiary/aromatic N) is 2. The van der Waals surface area contributed by atoms with Crippen LogP contribution in [0.25, 0.3) is 0 Å². The number of esters is 1. The van der Waals surface area contributed by atoms with Crippen molar-refractivity contribution in [1.29, 1.82) is 0 Å². The molecule has 0 aliphatic carbocycles. The van der Waals surface area contributed by atoms with Crippen LogP contribution in [-0.4, -0.2) is 21.9 Å². The first-order chi connectivity index (χ1) is 7.10. The van der Waals surface area contributed by atoms with Crippen molar-refractivity contribution in [3.63, 3.8) is 0 Å². The molecule has 0 saturated carbocycles. The number of aryl methyl sites for hydroxylation is 1. The largest absolute Gasteiger partial charge is 0.454 e. The first-order valence-corrected chi connectivity index (χ1v) is 4.92. The molecule has 0 saturated heterocycles. The van der Waals surface area contributed by atoms with Gasteiger partial charge in [-0.2, -0.15) is 5.10 Å². The van der Waals surface area contributed by atoms with E-state index in [1.54, 1.807) is 17.8 Å². The van der Waals surface area contributed by atoms with Crippen molar-refractivity contribution in [1.82, 2.24) is 9.78 Å². The van der Waals surface area contributed by atoms with Gasteiger partial charge >= 0.3 is 5.97 Å². The number of ether oxygens (including phenoxy) is 1. The summed E-state index contributed by atoms with van der Waals surface area (Å²) < 4.78 is 6.86. The summed E-state index contributed by atoms with van der Waals surface area (Å²) in [5, 5.41) is 3.99. The highest BCUT2D eigenvalue weighted by Gasteiger charge is 2.16. The van der Waals surface area contributed by atoms with Crippen LogP contribution in [-0.2, 0) is 11.8 Å². The minimum absolute atomic E-state index is 0.225. The molecule has 15 heavy (non-hydrogen) atoms. The van der Waals surface area contributed by atoms with Crippen LogP contribution in [0.3, 0.4) is 0 Å². The van der Waals surface area contributed by atoms with Crippen LogP contribution in [0, 0.1) is 6.92 Å². The van der Waals surface area contributed by atoms with E-state index in [2.05, 4.69) is 11.7 Å². The Morgan fingerprint density at radius 1 is 1.80 bits per heavy atom. The molecule has 0 N–H and O–H groups in total. The highest BCUT2D eigenvalue weighted by Crippen LogP contribution is 2.10. The molecular weight excluding hydrogens is 192 g/mol. The second-order valence-electron chi connectivity index (χ2n) is 3.35. The number of carbonyl (C=O) groups is 1. The molecule has 0 radical (unpaired) electrons. The lowest BCUT2D eigenvalue weighted by molar-refractivity contribution is 0.0388. The lowest BCUT2D eigenvalue weighted by Crippen LogP contribution is -2.15. The first kappa shape index (κ1) is 11.5. The SMILES string of the molecule is C=C[C@H](CC)OC(=O)c1cnn(C)c1C. The van der Waals surface area contributed by atoms with Crippen LogP contribution in [0.15, 0.2) is 18.9 Å². The fourth-order valence-corrected chi connectivity index (χ4v) is 1.20. The Labute approximate surface area is 89.5 Å². The van der Waals surface area contributed by atoms with Gasteiger partial charge in [0.2, 0.25) is 0 Å². The average molecular weight is 208 g/mol. The molecule has 1 rings (SSSR count). The molecule has 0 aliphatic heterocycles. The molecule has 0 fully saturated rings. The first-order valence-electron chi connectivity index (χ1n) is 4.92. The summed E-state index contributed by atoms with van der Waals surface area (Å²) in [6.07, 6.45) is 3.66. The van der Waals surface area contributed by atoms with Gasteiger partial charge in [0.25, 0.3) is 0 Å². The number of carbonyl (C=O) groups excluding carboxylic acids is 1. The third-order valence-corrected chi connectivity index (χ3v) is 2.38. The quantitative estimate of drug-likeness (QED) is 0.560. The number of rotatable bonds is 4. The maximum atomic E-state index is 11.7. The minimum Gasteiger partial charge on any atom is -0.454 e. The zero-order valence-electron chi connectivity index (χ0n) is 9.36. The molecule has 1 heterocycles. The Balaban J connectivity index is 2.77. The van der Waals surface area contributed by atoms with Crippen molar-refractivity contribution >= 4 is 5.97 Å². The standard InChI is InChI=1S/C11H16N2O2/c1-5-9(6-2)15-11(14)10-7-12-13(4)8(10)3/h5,7,9H,1,6H2,2-4H3/t9-/m1/s1. The molecule has 82 valence electrons. The number of aromatic nitrogens is 2. The molecule has 0 bridgehead atoms. The van der Waals surface area contributed by atoms with Gasteiger partial charge in [0.15, 0.2) is 0 Å². The van der Waals surface area contributed by atoms with Crippen molar-refractivity contribution in [3.05, 3.63) is 30.1 Å². The predicted octanol–water partition coefficient (Wildman–Crippen LogP) is 1.85. The fourth-order valence-electron chi connectivity index (χ4n) is 1.20. The Kier molecular flexibility index (Phi) is 3.66. The van der Waals surface area contributed by atoms with E-state index in [-0.39, 0.29) is 12.1 Å². The molecule has 4 heteroatoms. The maximum Gasteiger partial charge on any atom is 0.342 e. The Morgan fingerprint density at radius 2 is 2.47 bits per heavy atom. The van der Waals surface area contributed by atoms with Crippen molar-refractivity contribution in [3.8, 4) is 0 Å². The van der Waals surface area contributed by atoms with Crippen LogP contribution < -0.4 is 0 Å². The van der Waals surface area contributed by atoms with Gasteiger partial charge in [0.1, 0.15) is 11.7 Å². The summed E-state index contributed by atoms with van der Waals surface area (Å²) in [4.78, 5) is 11.7. The summed E-state index contributed by atoms with van der Waals surface area (Å²) in [6.45, 7) is 7.38. The topological polar surface area (TPSA) is 44.1 Å². The van der Waals surface area contributed by atoms with Crippen molar-refractivity contribution in [2.45, 2.75) is 26.4 Å². The van der Waals surface area contributed by atoms with Crippen molar-refractivity contribution in [2.75, 3.05) is 0 Å². The minimum atomic E-state index is -0.340. The van der Waals surface area contributed by atoms with Crippen LogP contribution in [0.1, 0.15) is 29.4 Å². The monoisotopic (exact) mass is 208 g/mol. The molecule has 0 amide bonds. The molecule has 0 aromatic carbocycles. The van der Waals surface area contributed by atoms with E-state index in [1.807, 2.05) is 13.8 Å². The van der Waals surface area contributed by atoms with E-state index >= 15 is 0 Å². The lowest BCUT2D eigenvalue weighted by Gasteiger charge is -2.11. The summed E-state index contributed by atoms with van der Waals surface area (Å²) in [5.41, 5.74) is 1.32. The van der Waals surface area contributed by atoms with Gasteiger partial charge in [-0.05, 0) is 13.3 Å². The fraction of sp³-hybridized carbons (Fsp3) is 0.455. The van der Waals surface area contributed by atoms with E-state index in [1.165, 1.54) is 6.20 Å². The van der Waals surface area contributed by atoms with Crippen LogP contribution >= 0.6 is 0 Å². The summed E-state index contributed by atoms with van der Waals surface area (Å²) in [6, 6.07) is 0. The average Bonchev–Trinajstić information content (AvgIpc) is 2.56. The smallest absolute Gasteiger partial charge is 0.342 e. The summed E-state index contributed by atoms with van der Waals surface area (Å²) in [7, 11) is 1.79. The van der Waals surface area contributed by atoms with Gasteiger partial charge in [0, 0.05) is 12.7 Å². The van der Waals surface area contributed by atoms with E-state index in [0.29, 0.717) is 5.56 Å². The molecule has 0 aliphatic rings. The highest BCUT2D eigenvalue weighted by molar-refractivity contribution is 5.90. The second-order valence-corrected chi connectivity index (χ2v) is 3.35. The molecule has 4 nitrogen and oxygen atoms in total. The zero-order valence-corrected chi connectivity index (χ0v) is 9.36. The summed E-state index contributed by atoms with van der Waals surface area (Å²) >= 11 is 0. The zero-order chi connectivity index (χ0) is 11.4. The van der Waals surface area contributed by atoms with Gasteiger partial charge < -0.3 is 4.74 Å².